The average Bonchev–Trinajstić information content (AvgIpc) is 3.24. The molecule has 0 aliphatic carbocycles. The Kier molecular flexibility index (Phi) is 5.11. The number of hydrogen-bond acceptors (Lipinski definition) is 3. The number of aliphatic carboxylic acids is 1. The Morgan fingerprint density at radius 2 is 1.82 bits per heavy atom. The molecule has 34 heavy (non-hydrogen) atoms. The van der Waals surface area contributed by atoms with Gasteiger partial charge in [0.25, 0.3) is 0 Å². The second-order valence-corrected chi connectivity index (χ2v) is 9.19. The fourth-order valence-corrected chi connectivity index (χ4v) is 4.64. The lowest BCUT2D eigenvalue weighted by atomic mass is 9.84. The van der Waals surface area contributed by atoms with Crippen LogP contribution in [0.15, 0.2) is 73.1 Å². The molecule has 0 saturated carbocycles. The van der Waals surface area contributed by atoms with Gasteiger partial charge in [0.15, 0.2) is 0 Å². The molecule has 2 heterocycles. The summed E-state index contributed by atoms with van der Waals surface area (Å²) in [6.07, 6.45) is 3.55. The number of nitrogens with one attached hydrogen (secondary N) is 1. The van der Waals surface area contributed by atoms with E-state index < -0.39 is 11.4 Å². The van der Waals surface area contributed by atoms with Crippen molar-refractivity contribution in [1.82, 2.24) is 9.97 Å². The lowest BCUT2D eigenvalue weighted by Crippen LogP contribution is -2.29. The smallest absolute Gasteiger partial charge is 0.315 e. The van der Waals surface area contributed by atoms with Crippen molar-refractivity contribution in [3.05, 3.63) is 89.3 Å². The minimum absolute atomic E-state index is 0.471. The van der Waals surface area contributed by atoms with Gasteiger partial charge in [-0.15, -0.1) is 0 Å². The molecule has 0 atom stereocenters. The van der Waals surface area contributed by atoms with Crippen molar-refractivity contribution >= 4 is 39.2 Å². The van der Waals surface area contributed by atoms with Crippen LogP contribution in [0.25, 0.3) is 43.9 Å². The maximum atomic E-state index is 12.2. The van der Waals surface area contributed by atoms with Crippen LogP contribution < -0.4 is 0 Å². The molecule has 6 heteroatoms. The molecule has 0 amide bonds. The van der Waals surface area contributed by atoms with Gasteiger partial charge in [-0.1, -0.05) is 48.0 Å². The van der Waals surface area contributed by atoms with E-state index in [0.29, 0.717) is 16.3 Å². The Balaban J connectivity index is 1.80. The van der Waals surface area contributed by atoms with Crippen LogP contribution in [-0.4, -0.2) is 21.0 Å². The Hall–Kier alpha value is -4.14. The van der Waals surface area contributed by atoms with Crippen molar-refractivity contribution in [2.75, 3.05) is 0 Å². The number of benzene rings is 3. The van der Waals surface area contributed by atoms with Crippen LogP contribution in [0.2, 0.25) is 5.02 Å². The van der Waals surface area contributed by atoms with Crippen molar-refractivity contribution in [2.45, 2.75) is 19.3 Å². The van der Waals surface area contributed by atoms with Crippen LogP contribution in [0.4, 0.5) is 0 Å². The topological polar surface area (TPSA) is 89.8 Å². The monoisotopic (exact) mass is 465 g/mol. The van der Waals surface area contributed by atoms with Crippen LogP contribution in [0.3, 0.4) is 0 Å². The van der Waals surface area contributed by atoms with E-state index in [2.05, 4.69) is 22.1 Å². The van der Waals surface area contributed by atoms with Gasteiger partial charge in [0.1, 0.15) is 5.41 Å². The normalized spacial score (nSPS) is 11.6. The Morgan fingerprint density at radius 1 is 1.03 bits per heavy atom. The molecule has 0 saturated heterocycles. The Bertz CT molecular complexity index is 1640. The van der Waals surface area contributed by atoms with Crippen molar-refractivity contribution in [3.8, 4) is 28.3 Å². The number of aromatic nitrogens is 2. The molecule has 5 aromatic rings. The van der Waals surface area contributed by atoms with Crippen LogP contribution in [-0.2, 0) is 10.2 Å². The fraction of sp³-hybridized carbons (Fsp3) is 0.107. The van der Waals surface area contributed by atoms with E-state index >= 15 is 0 Å². The van der Waals surface area contributed by atoms with E-state index in [9.17, 15) is 15.2 Å². The SMILES string of the molecule is CC(C)(C(=O)O)c1[nH]c2ccccc2c1-c1ccc2cncc(-c3ccc(C#N)cc3Cl)c2c1. The molecule has 166 valence electrons. The molecule has 0 fully saturated rings. The highest BCUT2D eigenvalue weighted by atomic mass is 35.5. The van der Waals surface area contributed by atoms with Crippen LogP contribution in [0, 0.1) is 11.3 Å². The van der Waals surface area contributed by atoms with Crippen LogP contribution in [0.1, 0.15) is 25.1 Å². The number of nitriles is 1. The number of halogens is 1. The Labute approximate surface area is 201 Å². The van der Waals surface area contributed by atoms with E-state index in [1.807, 2.05) is 42.5 Å². The number of fused-ring (bicyclic) bond motifs is 2. The molecule has 3 aromatic carbocycles. The predicted molar refractivity (Wildman–Crippen MR) is 135 cm³/mol. The summed E-state index contributed by atoms with van der Waals surface area (Å²) in [6.45, 7) is 3.41. The molecule has 0 radical (unpaired) electrons. The third-order valence-electron chi connectivity index (χ3n) is 6.30. The first-order valence-corrected chi connectivity index (χ1v) is 11.1. The van der Waals surface area contributed by atoms with E-state index in [1.165, 1.54) is 0 Å². The summed E-state index contributed by atoms with van der Waals surface area (Å²) in [6, 6.07) is 21.2. The number of carboxylic acids is 1. The van der Waals surface area contributed by atoms with Gasteiger partial charge in [-0.3, -0.25) is 9.78 Å². The molecule has 2 N–H and O–H groups in total. The first-order chi connectivity index (χ1) is 16.3. The summed E-state index contributed by atoms with van der Waals surface area (Å²) >= 11 is 6.53. The number of carbonyl (C=O) groups is 1. The van der Waals surface area contributed by atoms with Gasteiger partial charge >= 0.3 is 5.97 Å². The zero-order valence-electron chi connectivity index (χ0n) is 18.6. The molecular weight excluding hydrogens is 446 g/mol. The highest BCUT2D eigenvalue weighted by Crippen LogP contribution is 2.41. The van der Waals surface area contributed by atoms with Crippen molar-refractivity contribution in [3.63, 3.8) is 0 Å². The van der Waals surface area contributed by atoms with E-state index in [4.69, 9.17) is 11.6 Å². The lowest BCUT2D eigenvalue weighted by Gasteiger charge is -2.20. The van der Waals surface area contributed by atoms with Crippen LogP contribution in [0.5, 0.6) is 0 Å². The molecule has 0 aliphatic heterocycles. The van der Waals surface area contributed by atoms with Gasteiger partial charge in [-0.25, -0.2) is 0 Å². The third kappa shape index (κ3) is 3.40. The highest BCUT2D eigenvalue weighted by Gasteiger charge is 2.34. The summed E-state index contributed by atoms with van der Waals surface area (Å²) in [4.78, 5) is 19.9. The predicted octanol–water partition coefficient (Wildman–Crippen LogP) is 6.94. The molecule has 5 nitrogen and oxygen atoms in total. The molecular formula is C28H20ClN3O2. The number of aromatic amines is 1. The van der Waals surface area contributed by atoms with Gasteiger partial charge in [0, 0.05) is 56.1 Å². The number of rotatable bonds is 4. The maximum absolute atomic E-state index is 12.2. The standard InChI is InChI=1S/C28H20ClN3O2/c1-28(2,27(33)34)26-25(20-5-3-4-6-24(20)32-26)17-8-9-18-14-31-15-22(21(18)12-17)19-10-7-16(13-30)11-23(19)29/h3-12,14-15,32H,1-2H3,(H,33,34). The Morgan fingerprint density at radius 3 is 2.56 bits per heavy atom. The third-order valence-corrected chi connectivity index (χ3v) is 6.62. The largest absolute Gasteiger partial charge is 0.481 e. The summed E-state index contributed by atoms with van der Waals surface area (Å²) in [5.41, 5.74) is 4.26. The quantitative estimate of drug-likeness (QED) is 0.301. The summed E-state index contributed by atoms with van der Waals surface area (Å²) in [5.74, 6) is -0.907. The molecule has 0 unspecified atom stereocenters. The number of H-pyrrole nitrogens is 1. The summed E-state index contributed by atoms with van der Waals surface area (Å²) in [5, 5.41) is 22.4. The van der Waals surface area contributed by atoms with Crippen LogP contribution >= 0.6 is 11.6 Å². The zero-order valence-corrected chi connectivity index (χ0v) is 19.3. The molecule has 0 bridgehead atoms. The minimum Gasteiger partial charge on any atom is -0.481 e. The number of hydrogen-bond donors (Lipinski definition) is 2. The van der Waals surface area contributed by atoms with E-state index in [-0.39, 0.29) is 0 Å². The minimum atomic E-state index is -1.12. The number of nitrogens with zero attached hydrogens (tertiary/aromatic N) is 2. The molecule has 0 aliphatic rings. The summed E-state index contributed by atoms with van der Waals surface area (Å²) in [7, 11) is 0. The average molecular weight is 466 g/mol. The first kappa shape index (κ1) is 21.7. The van der Waals surface area contributed by atoms with Gasteiger partial charge in [-0.05, 0) is 49.1 Å². The molecule has 2 aromatic heterocycles. The van der Waals surface area contributed by atoms with Crippen molar-refractivity contribution in [1.29, 1.82) is 5.26 Å². The maximum Gasteiger partial charge on any atom is 0.315 e. The van der Waals surface area contributed by atoms with E-state index in [0.717, 1.165) is 43.9 Å². The second kappa shape index (κ2) is 8.02. The van der Waals surface area contributed by atoms with Gasteiger partial charge in [-0.2, -0.15) is 5.26 Å². The highest BCUT2D eigenvalue weighted by molar-refractivity contribution is 6.33. The second-order valence-electron chi connectivity index (χ2n) is 8.78. The first-order valence-electron chi connectivity index (χ1n) is 10.7. The zero-order chi connectivity index (χ0) is 24.0. The lowest BCUT2D eigenvalue weighted by molar-refractivity contribution is -0.142. The van der Waals surface area contributed by atoms with E-state index in [1.54, 1.807) is 38.4 Å². The van der Waals surface area contributed by atoms with Gasteiger partial charge < -0.3 is 10.1 Å². The molecule has 5 rings (SSSR count). The van der Waals surface area contributed by atoms with Gasteiger partial charge in [0.05, 0.1) is 11.6 Å². The number of carboxylic acid groups (broad SMARTS) is 1. The van der Waals surface area contributed by atoms with Crippen molar-refractivity contribution < 1.29 is 9.90 Å². The van der Waals surface area contributed by atoms with Gasteiger partial charge in [0.2, 0.25) is 0 Å². The molecule has 0 spiro atoms. The number of pyridine rings is 1. The number of para-hydroxylation sites is 1. The fourth-order valence-electron chi connectivity index (χ4n) is 4.35. The summed E-state index contributed by atoms with van der Waals surface area (Å²) < 4.78 is 0. The van der Waals surface area contributed by atoms with Crippen molar-refractivity contribution in [2.24, 2.45) is 0 Å².